The van der Waals surface area contributed by atoms with Crippen LogP contribution in [-0.2, 0) is 9.59 Å². The predicted octanol–water partition coefficient (Wildman–Crippen LogP) is 1.37. The zero-order chi connectivity index (χ0) is 17.7. The molecule has 0 aromatic heterocycles. The predicted molar refractivity (Wildman–Crippen MR) is 88.9 cm³/mol. The van der Waals surface area contributed by atoms with Gasteiger partial charge in [-0.15, -0.1) is 0 Å². The quantitative estimate of drug-likeness (QED) is 0.705. The molecule has 1 rings (SSSR count). The number of hydrogen-bond donors (Lipinski definition) is 2. The first kappa shape index (κ1) is 19.4. The number of primary amides is 1. The molecule has 0 aromatic carbocycles. The molecule has 1 atom stereocenters. The van der Waals surface area contributed by atoms with Gasteiger partial charge in [0.05, 0.1) is 12.5 Å². The second-order valence-corrected chi connectivity index (χ2v) is 7.03. The number of likely N-dealkylation sites (tertiary alicyclic amines) is 1. The number of nitrogens with two attached hydrogens (primary N) is 1. The second-order valence-electron chi connectivity index (χ2n) is 7.03. The fraction of sp³-hybridized carbons (Fsp3) is 0.765. The molecule has 6 nitrogen and oxygen atoms in total. The minimum absolute atomic E-state index is 0.256. The summed E-state index contributed by atoms with van der Waals surface area (Å²) >= 11 is 0. The Kier molecular flexibility index (Phi) is 6.57. The molecule has 1 saturated heterocycles. The number of carbonyl (C=O) groups excluding carboxylic acids is 2. The van der Waals surface area contributed by atoms with Crippen molar-refractivity contribution in [1.82, 2.24) is 10.2 Å². The molecule has 0 saturated carbocycles. The molecule has 6 heteroatoms. The number of nitriles is 1. The largest absolute Gasteiger partial charge is 0.369 e. The molecule has 1 heterocycles. The summed E-state index contributed by atoms with van der Waals surface area (Å²) in [5, 5.41) is 12.4. The molecule has 1 aliphatic rings. The SMILES string of the molecule is CCC(CC)N1CCC(C#N)(NC(=O)[CH]CC(C)(C)C(N)=O)C1. The van der Waals surface area contributed by atoms with E-state index in [9.17, 15) is 14.9 Å². The zero-order valence-electron chi connectivity index (χ0n) is 14.7. The minimum Gasteiger partial charge on any atom is -0.369 e. The van der Waals surface area contributed by atoms with Crippen LogP contribution in [0.1, 0.15) is 53.4 Å². The highest BCUT2D eigenvalue weighted by Crippen LogP contribution is 2.26. The Morgan fingerprint density at radius 3 is 2.52 bits per heavy atom. The van der Waals surface area contributed by atoms with Crippen molar-refractivity contribution in [3.05, 3.63) is 6.42 Å². The lowest BCUT2D eigenvalue weighted by Crippen LogP contribution is -2.50. The molecular weight excluding hydrogens is 292 g/mol. The average molecular weight is 321 g/mol. The number of hydrogen-bond acceptors (Lipinski definition) is 4. The summed E-state index contributed by atoms with van der Waals surface area (Å²) < 4.78 is 0. The first-order valence-corrected chi connectivity index (χ1v) is 8.30. The van der Waals surface area contributed by atoms with Gasteiger partial charge in [-0.2, -0.15) is 5.26 Å². The first-order chi connectivity index (χ1) is 10.7. The van der Waals surface area contributed by atoms with Gasteiger partial charge in [-0.05, 0) is 25.7 Å². The molecule has 1 fully saturated rings. The van der Waals surface area contributed by atoms with Crippen molar-refractivity contribution in [2.75, 3.05) is 13.1 Å². The highest BCUT2D eigenvalue weighted by molar-refractivity contribution is 5.87. The van der Waals surface area contributed by atoms with Crippen LogP contribution in [0.15, 0.2) is 0 Å². The van der Waals surface area contributed by atoms with Crippen LogP contribution in [0.2, 0.25) is 0 Å². The highest BCUT2D eigenvalue weighted by atomic mass is 16.2. The van der Waals surface area contributed by atoms with Crippen molar-refractivity contribution in [3.8, 4) is 6.07 Å². The van der Waals surface area contributed by atoms with E-state index < -0.39 is 16.9 Å². The molecule has 23 heavy (non-hydrogen) atoms. The monoisotopic (exact) mass is 321 g/mol. The van der Waals surface area contributed by atoms with Gasteiger partial charge in [0.15, 0.2) is 0 Å². The molecule has 1 radical (unpaired) electrons. The normalized spacial score (nSPS) is 22.1. The van der Waals surface area contributed by atoms with Crippen molar-refractivity contribution >= 4 is 11.8 Å². The lowest BCUT2D eigenvalue weighted by atomic mass is 9.87. The fourth-order valence-electron chi connectivity index (χ4n) is 2.91. The smallest absolute Gasteiger partial charge is 0.225 e. The standard InChI is InChI=1S/C17H29N4O2/c1-5-13(6-2)21-10-9-17(11-18,12-21)20-14(22)7-8-16(3,4)15(19)23/h7,13H,5-6,8-10,12H2,1-4H3,(H2,19,23)(H,20,22). The first-order valence-electron chi connectivity index (χ1n) is 8.30. The maximum Gasteiger partial charge on any atom is 0.225 e. The number of amides is 2. The summed E-state index contributed by atoms with van der Waals surface area (Å²) in [5.74, 6) is -0.760. The molecule has 1 aliphatic heterocycles. The third-order valence-electron chi connectivity index (χ3n) is 4.80. The lowest BCUT2D eigenvalue weighted by molar-refractivity contribution is -0.126. The van der Waals surface area contributed by atoms with E-state index >= 15 is 0 Å². The summed E-state index contributed by atoms with van der Waals surface area (Å²) in [6.07, 6.45) is 4.37. The molecule has 0 bridgehead atoms. The van der Waals surface area contributed by atoms with Gasteiger partial charge in [0.2, 0.25) is 11.8 Å². The highest BCUT2D eigenvalue weighted by Gasteiger charge is 2.41. The maximum absolute atomic E-state index is 12.2. The number of nitrogens with one attached hydrogen (secondary N) is 1. The molecule has 129 valence electrons. The molecular formula is C17H29N4O2. The van der Waals surface area contributed by atoms with E-state index in [2.05, 4.69) is 30.1 Å². The fourth-order valence-corrected chi connectivity index (χ4v) is 2.91. The third kappa shape index (κ3) is 4.93. The number of carbonyl (C=O) groups is 2. The average Bonchev–Trinajstić information content (AvgIpc) is 2.91. The topological polar surface area (TPSA) is 99.2 Å². The van der Waals surface area contributed by atoms with Gasteiger partial charge in [0.1, 0.15) is 5.54 Å². The van der Waals surface area contributed by atoms with Gasteiger partial charge < -0.3 is 11.1 Å². The van der Waals surface area contributed by atoms with Crippen LogP contribution in [0.4, 0.5) is 0 Å². The molecule has 0 aliphatic carbocycles. The Labute approximate surface area is 139 Å². The van der Waals surface area contributed by atoms with E-state index in [1.165, 1.54) is 6.42 Å². The Morgan fingerprint density at radius 2 is 2.04 bits per heavy atom. The van der Waals surface area contributed by atoms with E-state index in [0.717, 1.165) is 19.4 Å². The van der Waals surface area contributed by atoms with E-state index in [1.54, 1.807) is 13.8 Å². The number of nitrogens with zero attached hydrogens (tertiary/aromatic N) is 2. The van der Waals surface area contributed by atoms with Crippen molar-refractivity contribution in [3.63, 3.8) is 0 Å². The van der Waals surface area contributed by atoms with Gasteiger partial charge in [-0.1, -0.05) is 27.7 Å². The summed E-state index contributed by atoms with van der Waals surface area (Å²) in [6, 6.07) is 2.72. The minimum atomic E-state index is -0.840. The molecule has 2 amide bonds. The van der Waals surface area contributed by atoms with Gasteiger partial charge in [-0.3, -0.25) is 14.5 Å². The Bertz CT molecular complexity index is 479. The van der Waals surface area contributed by atoms with Gasteiger partial charge in [-0.25, -0.2) is 0 Å². The van der Waals surface area contributed by atoms with Gasteiger partial charge in [0, 0.05) is 24.5 Å². The molecule has 0 spiro atoms. The van der Waals surface area contributed by atoms with E-state index in [0.29, 0.717) is 19.0 Å². The summed E-state index contributed by atoms with van der Waals surface area (Å²) in [4.78, 5) is 25.7. The van der Waals surface area contributed by atoms with Crippen LogP contribution in [0.5, 0.6) is 0 Å². The van der Waals surface area contributed by atoms with E-state index in [1.807, 2.05) is 0 Å². The van der Waals surface area contributed by atoms with Crippen LogP contribution in [0, 0.1) is 23.2 Å². The molecule has 1 unspecified atom stereocenters. The van der Waals surface area contributed by atoms with E-state index in [-0.39, 0.29) is 12.3 Å². The van der Waals surface area contributed by atoms with Crippen LogP contribution in [-0.4, -0.2) is 41.4 Å². The summed E-state index contributed by atoms with van der Waals surface area (Å²) in [6.45, 7) is 9.03. The number of rotatable bonds is 8. The van der Waals surface area contributed by atoms with Crippen LogP contribution >= 0.6 is 0 Å². The van der Waals surface area contributed by atoms with Crippen LogP contribution in [0.25, 0.3) is 0 Å². The Balaban J connectivity index is 2.62. The van der Waals surface area contributed by atoms with Crippen molar-refractivity contribution < 1.29 is 9.59 Å². The molecule has 0 aromatic rings. The zero-order valence-corrected chi connectivity index (χ0v) is 14.7. The van der Waals surface area contributed by atoms with Crippen molar-refractivity contribution in [1.29, 1.82) is 5.26 Å². The summed E-state index contributed by atoms with van der Waals surface area (Å²) in [5.41, 5.74) is 3.69. The van der Waals surface area contributed by atoms with Gasteiger partial charge in [0.25, 0.3) is 0 Å². The second kappa shape index (κ2) is 7.78. The van der Waals surface area contributed by atoms with Crippen LogP contribution in [0.3, 0.4) is 0 Å². The van der Waals surface area contributed by atoms with Crippen molar-refractivity contribution in [2.24, 2.45) is 11.1 Å². The lowest BCUT2D eigenvalue weighted by Gasteiger charge is -2.28. The Morgan fingerprint density at radius 1 is 1.43 bits per heavy atom. The van der Waals surface area contributed by atoms with E-state index in [4.69, 9.17) is 5.73 Å². The maximum atomic E-state index is 12.2. The van der Waals surface area contributed by atoms with Crippen LogP contribution < -0.4 is 11.1 Å². The van der Waals surface area contributed by atoms with Gasteiger partial charge >= 0.3 is 0 Å². The Hall–Kier alpha value is -1.61. The molecule has 3 N–H and O–H groups in total. The van der Waals surface area contributed by atoms with Crippen molar-refractivity contribution in [2.45, 2.75) is 65.0 Å². The summed E-state index contributed by atoms with van der Waals surface area (Å²) in [7, 11) is 0. The third-order valence-corrected chi connectivity index (χ3v) is 4.80.